The van der Waals surface area contributed by atoms with Crippen LogP contribution in [0.5, 0.6) is 0 Å². The predicted molar refractivity (Wildman–Crippen MR) is 87.0 cm³/mol. The highest BCUT2D eigenvalue weighted by molar-refractivity contribution is 7.89. The van der Waals surface area contributed by atoms with Gasteiger partial charge in [-0.15, -0.1) is 0 Å². The maximum absolute atomic E-state index is 14.0. The highest BCUT2D eigenvalue weighted by Crippen LogP contribution is 2.44. The Balaban J connectivity index is 1.63. The van der Waals surface area contributed by atoms with Crippen molar-refractivity contribution in [3.8, 4) is 0 Å². The lowest BCUT2D eigenvalue weighted by Crippen LogP contribution is -2.28. The number of anilines is 1. The van der Waals surface area contributed by atoms with Crippen molar-refractivity contribution < 1.29 is 12.8 Å². The minimum atomic E-state index is -3.21. The van der Waals surface area contributed by atoms with Crippen LogP contribution >= 0.6 is 0 Å². The summed E-state index contributed by atoms with van der Waals surface area (Å²) in [5, 5.41) is 3.43. The predicted octanol–water partition coefficient (Wildman–Crippen LogP) is 3.75. The van der Waals surface area contributed by atoms with Gasteiger partial charge < -0.3 is 5.32 Å². The SMILES string of the molecule is CS(=O)(=O)Cc1ccc(NC2CCCC(C3CC3)C2)cc1F. The van der Waals surface area contributed by atoms with Crippen LogP contribution in [0, 0.1) is 17.7 Å². The summed E-state index contributed by atoms with van der Waals surface area (Å²) in [7, 11) is -3.21. The Morgan fingerprint density at radius 2 is 1.95 bits per heavy atom. The van der Waals surface area contributed by atoms with E-state index < -0.39 is 15.7 Å². The van der Waals surface area contributed by atoms with Gasteiger partial charge in [0.1, 0.15) is 5.82 Å². The molecule has 2 aliphatic rings. The molecule has 0 amide bonds. The second kappa shape index (κ2) is 6.19. The Morgan fingerprint density at radius 1 is 1.18 bits per heavy atom. The third-order valence-electron chi connectivity index (χ3n) is 4.84. The topological polar surface area (TPSA) is 46.2 Å². The van der Waals surface area contributed by atoms with Crippen molar-refractivity contribution in [1.29, 1.82) is 0 Å². The largest absolute Gasteiger partial charge is 0.382 e. The van der Waals surface area contributed by atoms with Gasteiger partial charge in [-0.2, -0.15) is 0 Å². The van der Waals surface area contributed by atoms with Gasteiger partial charge in [0.05, 0.1) is 5.75 Å². The highest BCUT2D eigenvalue weighted by atomic mass is 32.2. The second-order valence-corrected chi connectivity index (χ2v) is 9.12. The Hall–Kier alpha value is -1.10. The van der Waals surface area contributed by atoms with E-state index in [1.54, 1.807) is 12.1 Å². The summed E-state index contributed by atoms with van der Waals surface area (Å²) in [5.74, 6) is 1.08. The number of hydrogen-bond acceptors (Lipinski definition) is 3. The van der Waals surface area contributed by atoms with Crippen LogP contribution in [-0.4, -0.2) is 20.7 Å². The fourth-order valence-corrected chi connectivity index (χ4v) is 4.43. The molecule has 2 saturated carbocycles. The maximum Gasteiger partial charge on any atom is 0.151 e. The van der Waals surface area contributed by atoms with E-state index in [0.29, 0.717) is 6.04 Å². The molecule has 0 heterocycles. The van der Waals surface area contributed by atoms with Crippen LogP contribution in [0.1, 0.15) is 44.1 Å². The first-order valence-electron chi connectivity index (χ1n) is 8.13. The molecule has 2 fully saturated rings. The zero-order valence-electron chi connectivity index (χ0n) is 13.0. The van der Waals surface area contributed by atoms with Gasteiger partial charge in [0, 0.05) is 23.5 Å². The van der Waals surface area contributed by atoms with Gasteiger partial charge in [-0.1, -0.05) is 18.9 Å². The van der Waals surface area contributed by atoms with Gasteiger partial charge >= 0.3 is 0 Å². The van der Waals surface area contributed by atoms with Crippen LogP contribution < -0.4 is 5.32 Å². The van der Waals surface area contributed by atoms with Crippen molar-refractivity contribution in [2.75, 3.05) is 11.6 Å². The van der Waals surface area contributed by atoms with Gasteiger partial charge in [0.25, 0.3) is 0 Å². The molecular formula is C17H24FNO2S. The molecule has 2 aliphatic carbocycles. The zero-order chi connectivity index (χ0) is 15.7. The molecule has 1 N–H and O–H groups in total. The summed E-state index contributed by atoms with van der Waals surface area (Å²) >= 11 is 0. The fraction of sp³-hybridized carbons (Fsp3) is 0.647. The number of sulfone groups is 1. The Bertz CT molecular complexity index is 640. The average molecular weight is 325 g/mol. The summed E-state index contributed by atoms with van der Waals surface area (Å²) in [4.78, 5) is 0. The van der Waals surface area contributed by atoms with Gasteiger partial charge in [-0.25, -0.2) is 12.8 Å². The molecule has 22 heavy (non-hydrogen) atoms. The molecule has 0 aromatic heterocycles. The first kappa shape index (κ1) is 15.8. The summed E-state index contributed by atoms with van der Waals surface area (Å²) in [6.45, 7) is 0. The molecule has 0 radical (unpaired) electrons. The molecule has 2 unspecified atom stereocenters. The van der Waals surface area contributed by atoms with Crippen LogP contribution in [0.15, 0.2) is 18.2 Å². The standard InChI is InChI=1S/C17H24FNO2S/c1-22(20,21)11-14-7-8-16(10-17(14)18)19-15-4-2-3-13(9-15)12-5-6-12/h7-8,10,12-13,15,19H,2-6,9,11H2,1H3. The van der Waals surface area contributed by atoms with Crippen molar-refractivity contribution >= 4 is 15.5 Å². The lowest BCUT2D eigenvalue weighted by Gasteiger charge is -2.30. The van der Waals surface area contributed by atoms with Gasteiger partial charge in [-0.05, 0) is 49.7 Å². The first-order chi connectivity index (χ1) is 10.4. The van der Waals surface area contributed by atoms with Crippen LogP contribution in [0.2, 0.25) is 0 Å². The molecule has 0 spiro atoms. The van der Waals surface area contributed by atoms with Gasteiger partial charge in [-0.3, -0.25) is 0 Å². The molecule has 0 saturated heterocycles. The number of hydrogen-bond donors (Lipinski definition) is 1. The van der Waals surface area contributed by atoms with Crippen molar-refractivity contribution in [2.24, 2.45) is 11.8 Å². The van der Waals surface area contributed by atoms with Crippen LogP contribution in [0.3, 0.4) is 0 Å². The molecule has 0 bridgehead atoms. The van der Waals surface area contributed by atoms with Crippen LogP contribution in [-0.2, 0) is 15.6 Å². The third-order valence-corrected chi connectivity index (χ3v) is 5.68. The third kappa shape index (κ3) is 4.22. The number of benzene rings is 1. The van der Waals surface area contributed by atoms with Crippen LogP contribution in [0.4, 0.5) is 10.1 Å². The average Bonchev–Trinajstić information content (AvgIpc) is 3.25. The first-order valence-corrected chi connectivity index (χ1v) is 10.2. The van der Waals surface area contributed by atoms with Gasteiger partial charge in [0.2, 0.25) is 0 Å². The lowest BCUT2D eigenvalue weighted by atomic mass is 9.82. The van der Waals surface area contributed by atoms with E-state index in [0.717, 1.165) is 30.2 Å². The summed E-state index contributed by atoms with van der Waals surface area (Å²) in [6.07, 6.45) is 8.78. The lowest BCUT2D eigenvalue weighted by molar-refractivity contribution is 0.303. The van der Waals surface area contributed by atoms with E-state index in [2.05, 4.69) is 5.32 Å². The Labute approximate surface area is 132 Å². The van der Waals surface area contributed by atoms with Gasteiger partial charge in [0.15, 0.2) is 9.84 Å². The Kier molecular flexibility index (Phi) is 4.44. The zero-order valence-corrected chi connectivity index (χ0v) is 13.8. The molecule has 3 nitrogen and oxygen atoms in total. The van der Waals surface area contributed by atoms with E-state index in [4.69, 9.17) is 0 Å². The van der Waals surface area contributed by atoms with Crippen molar-refractivity contribution in [3.05, 3.63) is 29.6 Å². The molecule has 5 heteroatoms. The summed E-state index contributed by atoms with van der Waals surface area (Å²) < 4.78 is 36.6. The van der Waals surface area contributed by atoms with Crippen LogP contribution in [0.25, 0.3) is 0 Å². The van der Waals surface area contributed by atoms with Crippen molar-refractivity contribution in [2.45, 2.75) is 50.3 Å². The molecule has 122 valence electrons. The summed E-state index contributed by atoms with van der Waals surface area (Å²) in [6, 6.07) is 5.23. The fourth-order valence-electron chi connectivity index (χ4n) is 3.63. The number of halogens is 1. The molecular weight excluding hydrogens is 301 g/mol. The van der Waals surface area contributed by atoms with E-state index in [1.807, 2.05) is 0 Å². The second-order valence-electron chi connectivity index (χ2n) is 6.98. The molecule has 1 aromatic rings. The molecule has 0 aliphatic heterocycles. The Morgan fingerprint density at radius 3 is 2.59 bits per heavy atom. The number of nitrogens with one attached hydrogen (secondary N) is 1. The monoisotopic (exact) mass is 325 g/mol. The van der Waals surface area contributed by atoms with E-state index >= 15 is 0 Å². The quantitative estimate of drug-likeness (QED) is 0.897. The minimum Gasteiger partial charge on any atom is -0.382 e. The normalized spacial score (nSPS) is 25.9. The smallest absolute Gasteiger partial charge is 0.151 e. The molecule has 2 atom stereocenters. The summed E-state index contributed by atoms with van der Waals surface area (Å²) in [5.41, 5.74) is 1.00. The van der Waals surface area contributed by atoms with E-state index in [9.17, 15) is 12.8 Å². The maximum atomic E-state index is 14.0. The molecule has 3 rings (SSSR count). The number of rotatable bonds is 5. The molecule has 1 aromatic carbocycles. The highest BCUT2D eigenvalue weighted by Gasteiger charge is 2.34. The minimum absolute atomic E-state index is 0.243. The van der Waals surface area contributed by atoms with E-state index in [-0.39, 0.29) is 11.3 Å². The van der Waals surface area contributed by atoms with E-state index in [1.165, 1.54) is 38.2 Å². The van der Waals surface area contributed by atoms with Crippen molar-refractivity contribution in [3.63, 3.8) is 0 Å². The van der Waals surface area contributed by atoms with Crippen molar-refractivity contribution in [1.82, 2.24) is 0 Å².